The fraction of sp³-hybridized carbons (Fsp3) is 0.100. The number of nitrogens with two attached hydrogens (primary N) is 1. The maximum absolute atomic E-state index is 8.38. The first-order valence-corrected chi connectivity index (χ1v) is 8.47. The highest BCUT2D eigenvalue weighted by molar-refractivity contribution is 5.85. The third-order valence-corrected chi connectivity index (χ3v) is 4.26. The van der Waals surface area contributed by atoms with Gasteiger partial charge in [-0.2, -0.15) is 5.41 Å². The second-order valence-corrected chi connectivity index (χ2v) is 6.31. The highest BCUT2D eigenvalue weighted by Crippen LogP contribution is 2.22. The highest BCUT2D eigenvalue weighted by atomic mass is 15.3. The second-order valence-electron chi connectivity index (χ2n) is 6.31. The fourth-order valence-corrected chi connectivity index (χ4v) is 2.91. The van der Waals surface area contributed by atoms with Gasteiger partial charge in [0, 0.05) is 41.2 Å². The lowest BCUT2D eigenvalue weighted by Crippen LogP contribution is -2.49. The monoisotopic (exact) mass is 356 g/mol. The number of rotatable bonds is 3. The first-order valence-electron chi connectivity index (χ1n) is 8.47. The molecule has 27 heavy (non-hydrogen) atoms. The number of nitrogens with zero attached hydrogens (tertiary/aromatic N) is 5. The summed E-state index contributed by atoms with van der Waals surface area (Å²) in [5.41, 5.74) is 10.5. The molecule has 0 amide bonds. The zero-order valence-electron chi connectivity index (χ0n) is 14.8. The van der Waals surface area contributed by atoms with Crippen molar-refractivity contribution in [1.29, 1.82) is 5.41 Å². The molecule has 0 aliphatic rings. The van der Waals surface area contributed by atoms with E-state index in [1.165, 1.54) is 11.0 Å². The fourth-order valence-electron chi connectivity index (χ4n) is 2.91. The molecule has 0 saturated heterocycles. The van der Waals surface area contributed by atoms with Crippen LogP contribution in [0.5, 0.6) is 0 Å². The number of aromatic nitrogens is 5. The van der Waals surface area contributed by atoms with Crippen molar-refractivity contribution in [2.24, 2.45) is 0 Å². The van der Waals surface area contributed by atoms with Crippen LogP contribution in [-0.4, -0.2) is 25.9 Å². The average molecular weight is 356 g/mol. The number of benzene rings is 1. The van der Waals surface area contributed by atoms with E-state index in [9.17, 15) is 0 Å². The molecule has 7 nitrogen and oxygen atoms in total. The van der Waals surface area contributed by atoms with Gasteiger partial charge in [-0.1, -0.05) is 6.07 Å². The number of anilines is 1. The summed E-state index contributed by atoms with van der Waals surface area (Å²) in [7, 11) is 0. The van der Waals surface area contributed by atoms with Gasteiger partial charge in [-0.25, -0.2) is 9.97 Å². The Kier molecular flexibility index (Phi) is 4.25. The Hall–Kier alpha value is -3.74. The van der Waals surface area contributed by atoms with Crippen LogP contribution in [-0.2, 0) is 6.42 Å². The van der Waals surface area contributed by atoms with E-state index in [0.29, 0.717) is 18.1 Å². The molecule has 0 aliphatic carbocycles. The second kappa shape index (κ2) is 6.87. The molecule has 132 valence electrons. The normalized spacial score (nSPS) is 10.9. The van der Waals surface area contributed by atoms with Crippen molar-refractivity contribution in [3.8, 4) is 11.1 Å². The summed E-state index contributed by atoms with van der Waals surface area (Å²) in [5, 5.41) is 13.7. The topological polar surface area (TPSA) is 105 Å². The maximum atomic E-state index is 8.38. The van der Waals surface area contributed by atoms with Gasteiger partial charge in [0.15, 0.2) is 0 Å². The van der Waals surface area contributed by atoms with Gasteiger partial charge >= 0.3 is 0 Å². The van der Waals surface area contributed by atoms with Crippen LogP contribution < -0.4 is 10.4 Å². The van der Waals surface area contributed by atoms with Crippen LogP contribution in [0.25, 0.3) is 22.0 Å². The van der Waals surface area contributed by atoms with Gasteiger partial charge in [0.1, 0.15) is 6.33 Å². The van der Waals surface area contributed by atoms with Gasteiger partial charge in [-0.15, -0.1) is 9.78 Å². The number of hydrogen-bond donors (Lipinski definition) is 2. The number of fused-ring (bicyclic) bond motifs is 1. The standard InChI is InChI=1S/C20H17N7/c1-13-2-5-19(21)27(26-13)20(22)7-14-3-4-18-15(6-14)8-16(11-25-18)17-9-23-12-24-10-17/h2-6,8-12,21-22H,7H2,1H3/p+1. The van der Waals surface area contributed by atoms with Gasteiger partial charge in [0.05, 0.1) is 17.6 Å². The summed E-state index contributed by atoms with van der Waals surface area (Å²) in [5.74, 6) is 0.760. The molecule has 7 heteroatoms. The van der Waals surface area contributed by atoms with Crippen molar-refractivity contribution < 1.29 is 4.68 Å². The third-order valence-electron chi connectivity index (χ3n) is 4.26. The number of hydrogen-bond acceptors (Lipinski definition) is 6. The minimum atomic E-state index is 0.316. The van der Waals surface area contributed by atoms with Crippen molar-refractivity contribution in [2.75, 3.05) is 5.73 Å². The van der Waals surface area contributed by atoms with Crippen molar-refractivity contribution in [2.45, 2.75) is 13.3 Å². The number of aryl methyl sites for hydroxylation is 1. The Morgan fingerprint density at radius 3 is 2.67 bits per heavy atom. The van der Waals surface area contributed by atoms with Gasteiger partial charge in [0.25, 0.3) is 5.84 Å². The van der Waals surface area contributed by atoms with E-state index in [0.717, 1.165) is 33.3 Å². The smallest absolute Gasteiger partial charge is 0.258 e. The van der Waals surface area contributed by atoms with E-state index in [1.807, 2.05) is 37.4 Å². The maximum Gasteiger partial charge on any atom is 0.258 e. The van der Waals surface area contributed by atoms with Gasteiger partial charge in [-0.3, -0.25) is 4.98 Å². The molecule has 0 aliphatic heterocycles. The number of nitrogens with one attached hydrogen (secondary N) is 1. The van der Waals surface area contributed by atoms with Crippen LogP contribution in [0.1, 0.15) is 11.3 Å². The summed E-state index contributed by atoms with van der Waals surface area (Å²) >= 11 is 0. The van der Waals surface area contributed by atoms with Crippen molar-refractivity contribution >= 4 is 22.6 Å². The minimum Gasteiger partial charge on any atom is -0.317 e. The van der Waals surface area contributed by atoms with Crippen molar-refractivity contribution in [1.82, 2.24) is 20.1 Å². The van der Waals surface area contributed by atoms with Gasteiger partial charge < -0.3 is 5.73 Å². The summed E-state index contributed by atoms with van der Waals surface area (Å²) in [6.07, 6.45) is 7.26. The first kappa shape index (κ1) is 16.7. The predicted molar refractivity (Wildman–Crippen MR) is 103 cm³/mol. The Balaban J connectivity index is 1.66. The van der Waals surface area contributed by atoms with Crippen molar-refractivity contribution in [3.63, 3.8) is 0 Å². The Morgan fingerprint density at radius 2 is 1.85 bits per heavy atom. The third kappa shape index (κ3) is 3.48. The van der Waals surface area contributed by atoms with E-state index in [-0.39, 0.29) is 0 Å². The van der Waals surface area contributed by atoms with Crippen molar-refractivity contribution in [3.05, 3.63) is 72.6 Å². The molecule has 3 heterocycles. The minimum absolute atomic E-state index is 0.316. The molecule has 3 aromatic heterocycles. The largest absolute Gasteiger partial charge is 0.317 e. The van der Waals surface area contributed by atoms with E-state index >= 15 is 0 Å². The summed E-state index contributed by atoms with van der Waals surface area (Å²) in [4.78, 5) is 12.6. The zero-order valence-corrected chi connectivity index (χ0v) is 14.8. The summed E-state index contributed by atoms with van der Waals surface area (Å²) in [6, 6.07) is 11.6. The molecular formula is C20H18N7+. The first-order chi connectivity index (χ1) is 13.1. The molecule has 4 rings (SSSR count). The lowest BCUT2D eigenvalue weighted by molar-refractivity contribution is -0.610. The van der Waals surface area contributed by atoms with Crippen LogP contribution in [0.2, 0.25) is 0 Å². The number of pyridine rings is 1. The average Bonchev–Trinajstić information content (AvgIpc) is 2.70. The predicted octanol–water partition coefficient (Wildman–Crippen LogP) is 2.33. The van der Waals surface area contributed by atoms with Crippen LogP contribution in [0.15, 0.2) is 61.3 Å². The number of nitrogen functional groups attached to an aromatic ring is 1. The van der Waals surface area contributed by atoms with E-state index in [2.05, 4.69) is 26.1 Å². The van der Waals surface area contributed by atoms with Gasteiger partial charge in [-0.05, 0) is 36.8 Å². The molecular weight excluding hydrogens is 338 g/mol. The Labute approximate surface area is 156 Å². The Morgan fingerprint density at radius 1 is 1.04 bits per heavy atom. The highest BCUT2D eigenvalue weighted by Gasteiger charge is 2.14. The van der Waals surface area contributed by atoms with Crippen LogP contribution in [0.3, 0.4) is 0 Å². The molecule has 4 aromatic rings. The molecule has 0 fully saturated rings. The summed E-state index contributed by atoms with van der Waals surface area (Å²) < 4.78 is 1.47. The SMILES string of the molecule is Cc1ccc(N)[n+](C(=N)Cc2ccc3ncc(-c4cncnc4)cc3c2)n1. The molecule has 0 unspecified atom stereocenters. The Bertz CT molecular complexity index is 1140. The lowest BCUT2D eigenvalue weighted by Gasteiger charge is -2.07. The molecule has 0 atom stereocenters. The molecule has 0 spiro atoms. The molecule has 0 saturated carbocycles. The molecule has 3 N–H and O–H groups in total. The van der Waals surface area contributed by atoms with E-state index in [4.69, 9.17) is 11.1 Å². The quantitative estimate of drug-likeness (QED) is 0.333. The summed E-state index contributed by atoms with van der Waals surface area (Å²) in [6.45, 7) is 1.87. The van der Waals surface area contributed by atoms with E-state index < -0.39 is 0 Å². The lowest BCUT2D eigenvalue weighted by atomic mass is 10.0. The molecule has 0 radical (unpaired) electrons. The zero-order chi connectivity index (χ0) is 18.8. The van der Waals surface area contributed by atoms with Gasteiger partial charge in [0.2, 0.25) is 5.82 Å². The van der Waals surface area contributed by atoms with Crippen LogP contribution in [0.4, 0.5) is 5.82 Å². The molecule has 1 aromatic carbocycles. The van der Waals surface area contributed by atoms with Crippen LogP contribution >= 0.6 is 0 Å². The molecule has 0 bridgehead atoms. The van der Waals surface area contributed by atoms with Crippen LogP contribution in [0, 0.1) is 12.3 Å². The van der Waals surface area contributed by atoms with E-state index in [1.54, 1.807) is 18.5 Å².